The average Bonchev–Trinajstić information content (AvgIpc) is 0.909. The molecule has 0 fully saturated rings. The van der Waals surface area contributed by atoms with Gasteiger partial charge in [0.1, 0.15) is 23.1 Å². The fourth-order valence-corrected chi connectivity index (χ4v) is 17.2. The maximum Gasteiger partial charge on any atom is 0.148 e. The molecule has 136 heavy (non-hydrogen) atoms. The largest absolute Gasteiger partial charge is 0.507 e. The van der Waals surface area contributed by atoms with Gasteiger partial charge in [-0.2, -0.15) is 0 Å². The van der Waals surface area contributed by atoms with Gasteiger partial charge in [-0.05, 0) is 194 Å². The second-order valence-corrected chi connectivity index (χ2v) is 40.6. The molecule has 0 unspecified atom stereocenters. The number of hydrogen-bond acceptors (Lipinski definition) is 6. The van der Waals surface area contributed by atoms with Crippen LogP contribution in [-0.2, 0) is 74.6 Å². The van der Waals surface area contributed by atoms with E-state index in [-0.39, 0.29) is 86.5 Å². The van der Waals surface area contributed by atoms with Crippen LogP contribution in [0.15, 0.2) is 328 Å². The number of aromatic hydroxyl groups is 2. The van der Waals surface area contributed by atoms with Crippen LogP contribution in [0.25, 0.3) is 168 Å². The normalized spacial score (nSPS) is 14.5. The Hall–Kier alpha value is -12.7. The smallest absolute Gasteiger partial charge is 0.148 e. The predicted molar refractivity (Wildman–Crippen MR) is 564 cm³/mol. The van der Waals surface area contributed by atoms with Crippen molar-refractivity contribution < 1.29 is 77.0 Å². The number of pyridine rings is 2. The Kier molecular flexibility index (Phi) is 21.8. The van der Waals surface area contributed by atoms with E-state index in [2.05, 4.69) is 238 Å². The fraction of sp³-hybridized carbons (Fsp3) is 0.238. The molecule has 8 nitrogen and oxygen atoms in total. The van der Waals surface area contributed by atoms with Crippen molar-refractivity contribution in [2.75, 3.05) is 0 Å². The number of imidazole rings is 2. The minimum absolute atomic E-state index is 0. The Morgan fingerprint density at radius 2 is 0.699 bits per heavy atom. The topological polar surface area (TPSA) is 102 Å². The van der Waals surface area contributed by atoms with Gasteiger partial charge in [-0.25, -0.2) is 9.97 Å². The first kappa shape index (κ1) is 76.5. The number of phenols is 2. The van der Waals surface area contributed by atoms with E-state index in [0.29, 0.717) is 72.9 Å². The summed E-state index contributed by atoms with van der Waals surface area (Å²) in [5.41, 5.74) is 17.1. The van der Waals surface area contributed by atoms with Gasteiger partial charge in [0.2, 0.25) is 0 Å². The van der Waals surface area contributed by atoms with Gasteiger partial charge in [0.25, 0.3) is 0 Å². The maximum absolute atomic E-state index is 12.6. The summed E-state index contributed by atoms with van der Waals surface area (Å²) in [7, 11) is 0. The summed E-state index contributed by atoms with van der Waals surface area (Å²) in [5, 5.41) is 25.1. The summed E-state index contributed by atoms with van der Waals surface area (Å²) in [5.74, 6) is -0.704. The molecule has 0 aliphatic rings. The molecule has 0 atom stereocenters. The van der Waals surface area contributed by atoms with E-state index in [4.69, 9.17) is 32.8 Å². The Bertz CT molecular complexity index is 8300. The van der Waals surface area contributed by atoms with Gasteiger partial charge < -0.3 is 10.2 Å². The van der Waals surface area contributed by atoms with Gasteiger partial charge in [0.05, 0.1) is 42.8 Å². The van der Waals surface area contributed by atoms with E-state index in [1.165, 1.54) is 11.1 Å². The minimum Gasteiger partial charge on any atom is -0.507 e. The number of nitrogens with zero attached hydrogens (tertiary/aromatic N) is 6. The quantitative estimate of drug-likeness (QED) is 0.0935. The van der Waals surface area contributed by atoms with Crippen LogP contribution in [0.2, 0.25) is 0 Å². The van der Waals surface area contributed by atoms with E-state index < -0.39 is 102 Å². The number of hydrogen-bond donors (Lipinski definition) is 2. The van der Waals surface area contributed by atoms with E-state index in [0.717, 1.165) is 100 Å². The molecule has 4 aromatic heterocycles. The molecule has 0 aliphatic carbocycles. The molecule has 14 aromatic carbocycles. The van der Waals surface area contributed by atoms with Crippen LogP contribution in [0.1, 0.15) is 233 Å². The number of phenolic OH excluding ortho intramolecular Hbond substituents is 2. The molecule has 0 saturated heterocycles. The van der Waals surface area contributed by atoms with Gasteiger partial charge in [0.15, 0.2) is 0 Å². The van der Waals surface area contributed by atoms with Crippen molar-refractivity contribution in [1.82, 2.24) is 29.1 Å². The molecule has 18 aromatic rings. The molecule has 0 spiro atoms. The van der Waals surface area contributed by atoms with Crippen molar-refractivity contribution >= 4 is 22.1 Å². The second kappa shape index (κ2) is 38.8. The van der Waals surface area contributed by atoms with Crippen LogP contribution >= 0.6 is 0 Å². The summed E-state index contributed by atoms with van der Waals surface area (Å²) in [6.45, 7) is 27.9. The first-order valence-corrected chi connectivity index (χ1v) is 45.6. The minimum atomic E-state index is -3.94. The van der Waals surface area contributed by atoms with Gasteiger partial charge in [-0.1, -0.05) is 410 Å². The Balaban J connectivity index is 0.000000231. The third-order valence-corrected chi connectivity index (χ3v) is 24.9. The first-order chi connectivity index (χ1) is 70.9. The summed E-state index contributed by atoms with van der Waals surface area (Å²) in [4.78, 5) is 20.5. The summed E-state index contributed by atoms with van der Waals surface area (Å²) >= 11 is 0. The summed E-state index contributed by atoms with van der Waals surface area (Å²) in [6, 6.07) is 94.2. The molecule has 0 aliphatic heterocycles. The van der Waals surface area contributed by atoms with Crippen molar-refractivity contribution in [3.8, 4) is 157 Å². The number of benzene rings is 14. The number of para-hydroxylation sites is 2. The number of fused-ring (bicyclic) bond motifs is 2. The molecule has 2 N–H and O–H groups in total. The Morgan fingerprint density at radius 3 is 1.12 bits per heavy atom. The van der Waals surface area contributed by atoms with E-state index >= 15 is 0 Å². The first-order valence-electron chi connectivity index (χ1n) is 54.6. The van der Waals surface area contributed by atoms with Gasteiger partial charge in [-0.15, -0.1) is 53.1 Å². The summed E-state index contributed by atoms with van der Waals surface area (Å²) in [6.07, 6.45) is 1.12. The average molecular weight is 2160 g/mol. The Labute approximate surface area is 860 Å². The van der Waals surface area contributed by atoms with Gasteiger partial charge in [-0.3, -0.25) is 19.1 Å². The van der Waals surface area contributed by atoms with Crippen molar-refractivity contribution in [3.63, 3.8) is 0 Å². The molecule has 18 rings (SSSR count). The van der Waals surface area contributed by atoms with Gasteiger partial charge >= 0.3 is 0 Å². The molecule has 0 amide bonds. The molecule has 4 heterocycles. The standard InChI is InChI=1S/2C63H62N3O.2Pt/c1-40(2)45-31-47(42-21-16-13-17-22-42)36-52(35-45)66-57-24-18-23-53(58(57)65-60(66)54-38-51(62(6,7)8)39-55(59(54)67)63(9,10)11)48-32-46(41-19-14-12-15-20-41)33-49(34-48)56-37-44(29-30-64-56)43-25-27-50(28-26-43)61(3,4)5;1-40(2)46-31-47(42-21-16-13-17-22-42)36-52(35-46)66-57-24-18-23-53(58(57)65-60(66)54-38-51(62(6,7)8)39-55(59(54)67)63(9,10)11)48-32-49(34-50(33-48)61(3,4)5)56-37-45(29-30-64-56)44-27-25-43(26-28-44)41-19-14-12-15-20-41;;/h12-33,35-40,67H,1-11H3;12-31,33-40,67H,1-11H3;;/q2*-1;;/i3D3,4D3,5D3,25D,26D,27D,28D,29D,30D,37D,40D;40D;;. The predicted octanol–water partition coefficient (Wildman–Crippen LogP) is 33.9. The molecule has 0 radical (unpaired) electrons. The molecule has 10 heteroatoms. The molecule has 692 valence electrons. The maximum atomic E-state index is 12.6. The van der Waals surface area contributed by atoms with Crippen LogP contribution < -0.4 is 0 Å². The van der Waals surface area contributed by atoms with Crippen LogP contribution in [0.3, 0.4) is 0 Å². The van der Waals surface area contributed by atoms with Crippen molar-refractivity contribution in [2.24, 2.45) is 0 Å². The zero-order chi connectivity index (χ0) is 110. The molecular weight excluding hydrogens is 2020 g/mol. The SMILES string of the molecule is [2H]C(C)(C)c1cc(-c2ccccc2)cc(-n2c(-c3cc(C(C)(C)C)cc(C(C)(C)C)c3O)nc3c(-c4[c-]c(-c5cc(-c6ccc(-c7ccccc7)cc6)ccn5)cc(C(C)(C)C)c4)cccc32)c1.[2H]c1nc(-c2[c-]c(-c3cccc4c3nc(-c3cc(C(C)(C)C)cc(C(C)(C)C)c3O)n4-c3cc(-c4ccccc4)cc(C([2H])(C)C)c3)cc(-c3ccccc3)c2)c([2H])c(-c2c([2H])c([2H])c(C(C([2H])([2H])[2H])(C([2H])([2H])[2H])C([2H])([2H])[2H])c([2H])c2[2H])c1[2H].[Pt].[Pt]. The third-order valence-electron chi connectivity index (χ3n) is 24.9. The molecule has 0 bridgehead atoms. The molecular formula is C126H124N6O2Pt2-2. The van der Waals surface area contributed by atoms with Crippen molar-refractivity contribution in [3.05, 3.63) is 384 Å². The summed E-state index contributed by atoms with van der Waals surface area (Å²) < 4.78 is 162. The number of rotatable bonds is 16. The van der Waals surface area contributed by atoms with Crippen LogP contribution in [0.5, 0.6) is 11.5 Å². The third kappa shape index (κ3) is 20.7. The fourth-order valence-electron chi connectivity index (χ4n) is 17.2. The van der Waals surface area contributed by atoms with Gasteiger partial charge in [0, 0.05) is 103 Å². The zero-order valence-electron chi connectivity index (χ0n) is 98.3. The Morgan fingerprint density at radius 1 is 0.316 bits per heavy atom. The second-order valence-electron chi connectivity index (χ2n) is 40.6. The van der Waals surface area contributed by atoms with Crippen LogP contribution in [-0.4, -0.2) is 39.3 Å². The van der Waals surface area contributed by atoms with E-state index in [9.17, 15) is 17.1 Å². The zero-order valence-corrected chi connectivity index (χ0v) is 84.9. The van der Waals surface area contributed by atoms with Crippen LogP contribution in [0, 0.1) is 12.1 Å². The van der Waals surface area contributed by atoms with E-state index in [1.54, 1.807) is 6.07 Å². The van der Waals surface area contributed by atoms with Crippen LogP contribution in [0.4, 0.5) is 0 Å². The van der Waals surface area contributed by atoms with E-state index in [1.807, 2.05) is 199 Å². The number of aromatic nitrogens is 6. The van der Waals surface area contributed by atoms with Crippen molar-refractivity contribution in [1.29, 1.82) is 0 Å². The van der Waals surface area contributed by atoms with Crippen molar-refractivity contribution in [2.45, 2.75) is 196 Å². The monoisotopic (exact) mass is 2160 g/mol. The molecule has 0 saturated carbocycles.